The Bertz CT molecular complexity index is 614. The molecular formula is C18H28F2IN3O2S. The third-order valence-corrected chi connectivity index (χ3v) is 5.71. The lowest BCUT2D eigenvalue weighted by atomic mass is 10.1. The van der Waals surface area contributed by atoms with Crippen LogP contribution in [0.3, 0.4) is 0 Å². The quantitative estimate of drug-likeness (QED) is 0.308. The van der Waals surface area contributed by atoms with Gasteiger partial charge in [0.25, 0.3) is 0 Å². The van der Waals surface area contributed by atoms with E-state index in [0.29, 0.717) is 17.3 Å². The molecule has 1 fully saturated rings. The second kappa shape index (κ2) is 11.8. The molecule has 1 heterocycles. The molecule has 0 aliphatic carbocycles. The van der Waals surface area contributed by atoms with E-state index in [0.717, 1.165) is 13.1 Å². The van der Waals surface area contributed by atoms with Crippen LogP contribution in [0.1, 0.15) is 32.3 Å². The summed E-state index contributed by atoms with van der Waals surface area (Å²) in [5.41, 5.74) is 0.574. The molecule has 2 N–H and O–H groups in total. The first-order chi connectivity index (χ1) is 12.5. The molecule has 0 spiro atoms. The van der Waals surface area contributed by atoms with E-state index in [1.54, 1.807) is 12.1 Å². The minimum atomic E-state index is -2.89. The van der Waals surface area contributed by atoms with Gasteiger partial charge < -0.3 is 20.1 Å². The number of methoxy groups -OCH3 is 1. The number of benzene rings is 1. The zero-order chi connectivity index (χ0) is 19.0. The van der Waals surface area contributed by atoms with Crippen molar-refractivity contribution in [3.8, 4) is 11.5 Å². The van der Waals surface area contributed by atoms with Gasteiger partial charge >= 0.3 is 6.61 Å². The summed E-state index contributed by atoms with van der Waals surface area (Å²) in [4.78, 5) is 4.52. The Morgan fingerprint density at radius 2 is 2.15 bits per heavy atom. The number of nitrogens with zero attached hydrogens (tertiary/aromatic N) is 1. The summed E-state index contributed by atoms with van der Waals surface area (Å²) in [5.74, 6) is 2.40. The lowest BCUT2D eigenvalue weighted by molar-refractivity contribution is -0.0505. The van der Waals surface area contributed by atoms with Crippen molar-refractivity contribution >= 4 is 41.7 Å². The second-order valence-electron chi connectivity index (χ2n) is 6.30. The number of alkyl halides is 2. The van der Waals surface area contributed by atoms with Gasteiger partial charge in [-0.25, -0.2) is 4.99 Å². The number of nitrogens with one attached hydrogen (secondary N) is 2. The van der Waals surface area contributed by atoms with Gasteiger partial charge in [0.2, 0.25) is 0 Å². The van der Waals surface area contributed by atoms with Crippen molar-refractivity contribution in [2.24, 2.45) is 4.99 Å². The number of guanidine groups is 1. The number of hydrogen-bond donors (Lipinski definition) is 2. The molecular weight excluding hydrogens is 487 g/mol. The molecule has 5 nitrogen and oxygen atoms in total. The first kappa shape index (κ1) is 24.1. The average Bonchev–Trinajstić information content (AvgIpc) is 3.04. The smallest absolute Gasteiger partial charge is 0.387 e. The summed E-state index contributed by atoms with van der Waals surface area (Å²) in [6, 6.07) is 4.85. The van der Waals surface area contributed by atoms with Crippen LogP contribution in [0.4, 0.5) is 8.78 Å². The molecule has 1 atom stereocenters. The highest BCUT2D eigenvalue weighted by atomic mass is 127. The highest BCUT2D eigenvalue weighted by Crippen LogP contribution is 2.36. The number of thioether (sulfide) groups is 1. The Morgan fingerprint density at radius 1 is 1.37 bits per heavy atom. The van der Waals surface area contributed by atoms with Gasteiger partial charge in [0, 0.05) is 29.5 Å². The fourth-order valence-corrected chi connectivity index (χ4v) is 4.00. The van der Waals surface area contributed by atoms with Crippen molar-refractivity contribution in [3.63, 3.8) is 0 Å². The number of hydrogen-bond acceptors (Lipinski definition) is 4. The summed E-state index contributed by atoms with van der Waals surface area (Å²) >= 11 is 1.97. The van der Waals surface area contributed by atoms with Crippen LogP contribution in [-0.4, -0.2) is 43.3 Å². The highest BCUT2D eigenvalue weighted by molar-refractivity contribution is 14.0. The predicted molar refractivity (Wildman–Crippen MR) is 118 cm³/mol. The van der Waals surface area contributed by atoms with Crippen molar-refractivity contribution in [2.75, 3.05) is 26.0 Å². The number of ether oxygens (including phenoxy) is 2. The van der Waals surface area contributed by atoms with E-state index in [-0.39, 0.29) is 41.0 Å². The van der Waals surface area contributed by atoms with Gasteiger partial charge in [-0.15, -0.1) is 24.0 Å². The van der Waals surface area contributed by atoms with Crippen molar-refractivity contribution in [1.29, 1.82) is 0 Å². The average molecular weight is 515 g/mol. The normalized spacial score (nSPS) is 19.6. The van der Waals surface area contributed by atoms with E-state index >= 15 is 0 Å². The van der Waals surface area contributed by atoms with E-state index in [4.69, 9.17) is 4.74 Å². The molecule has 0 amide bonds. The van der Waals surface area contributed by atoms with Crippen molar-refractivity contribution in [1.82, 2.24) is 10.6 Å². The summed E-state index contributed by atoms with van der Waals surface area (Å²) in [6.45, 7) is 3.10. The van der Waals surface area contributed by atoms with Crippen molar-refractivity contribution in [2.45, 2.75) is 44.6 Å². The molecule has 0 aromatic heterocycles. The van der Waals surface area contributed by atoms with Gasteiger partial charge in [0.05, 0.1) is 13.7 Å². The van der Waals surface area contributed by atoms with Crippen LogP contribution >= 0.6 is 35.7 Å². The fourth-order valence-electron chi connectivity index (χ4n) is 2.75. The van der Waals surface area contributed by atoms with Gasteiger partial charge in [-0.2, -0.15) is 20.5 Å². The Hall–Kier alpha value is -0.970. The summed E-state index contributed by atoms with van der Waals surface area (Å²) in [5, 5.41) is 6.55. The zero-order valence-electron chi connectivity index (χ0n) is 15.9. The molecule has 2 rings (SSSR count). The summed E-state index contributed by atoms with van der Waals surface area (Å²) in [7, 11) is 1.48. The number of rotatable bonds is 8. The van der Waals surface area contributed by atoms with Crippen molar-refractivity contribution in [3.05, 3.63) is 23.8 Å². The van der Waals surface area contributed by atoms with Crippen LogP contribution < -0.4 is 20.1 Å². The van der Waals surface area contributed by atoms with E-state index < -0.39 is 6.61 Å². The highest BCUT2D eigenvalue weighted by Gasteiger charge is 2.29. The van der Waals surface area contributed by atoms with Crippen LogP contribution in [0.25, 0.3) is 0 Å². The molecule has 154 valence electrons. The van der Waals surface area contributed by atoms with Crippen LogP contribution in [0, 0.1) is 0 Å². The molecule has 1 aromatic carbocycles. The molecule has 27 heavy (non-hydrogen) atoms. The van der Waals surface area contributed by atoms with Crippen LogP contribution in [0.15, 0.2) is 23.2 Å². The zero-order valence-corrected chi connectivity index (χ0v) is 19.0. The Kier molecular flexibility index (Phi) is 10.5. The molecule has 0 radical (unpaired) electrons. The predicted octanol–water partition coefficient (Wildman–Crippen LogP) is 4.26. The van der Waals surface area contributed by atoms with E-state index in [1.165, 1.54) is 31.8 Å². The maximum absolute atomic E-state index is 12.7. The van der Waals surface area contributed by atoms with Crippen LogP contribution in [0.2, 0.25) is 0 Å². The number of halogens is 3. The third-order valence-electron chi connectivity index (χ3n) is 4.17. The lowest BCUT2D eigenvalue weighted by Crippen LogP contribution is -2.43. The van der Waals surface area contributed by atoms with E-state index in [2.05, 4.69) is 27.3 Å². The van der Waals surface area contributed by atoms with Gasteiger partial charge in [0.15, 0.2) is 5.96 Å². The van der Waals surface area contributed by atoms with Gasteiger partial charge in [-0.1, -0.05) is 0 Å². The number of aliphatic imine (C=N–C) groups is 1. The largest absolute Gasteiger partial charge is 0.497 e. The fraction of sp³-hybridized carbons (Fsp3) is 0.611. The molecule has 1 aliphatic rings. The maximum atomic E-state index is 12.7. The van der Waals surface area contributed by atoms with Gasteiger partial charge in [-0.3, -0.25) is 0 Å². The van der Waals surface area contributed by atoms with E-state index in [9.17, 15) is 8.78 Å². The molecule has 9 heteroatoms. The minimum absolute atomic E-state index is 0. The molecule has 1 saturated heterocycles. The summed E-state index contributed by atoms with van der Waals surface area (Å²) < 4.78 is 35.2. The first-order valence-electron chi connectivity index (χ1n) is 8.73. The van der Waals surface area contributed by atoms with E-state index in [1.807, 2.05) is 18.7 Å². The Balaban J connectivity index is 0.00000364. The monoisotopic (exact) mass is 515 g/mol. The van der Waals surface area contributed by atoms with Gasteiger partial charge in [-0.05, 0) is 44.6 Å². The topological polar surface area (TPSA) is 54.9 Å². The molecule has 0 bridgehead atoms. The second-order valence-corrected chi connectivity index (χ2v) is 7.99. The third kappa shape index (κ3) is 7.89. The Morgan fingerprint density at radius 3 is 2.74 bits per heavy atom. The molecule has 0 saturated carbocycles. The summed E-state index contributed by atoms with van der Waals surface area (Å²) in [6.07, 6.45) is 2.41. The van der Waals surface area contributed by atoms with Crippen LogP contribution in [0.5, 0.6) is 11.5 Å². The standard InChI is InChI=1S/C18H27F2N3O2S.HI/c1-4-21-17(23-12-18(2)8-5-9-26-18)22-11-13-6-7-14(24-3)10-15(13)25-16(19)20;/h6-7,10,16H,4-5,8-9,11-12H2,1-3H3,(H2,21,22,23);1H. The molecule has 1 aromatic rings. The van der Waals surface area contributed by atoms with Crippen molar-refractivity contribution < 1.29 is 18.3 Å². The van der Waals surface area contributed by atoms with Gasteiger partial charge in [0.1, 0.15) is 11.5 Å². The first-order valence-corrected chi connectivity index (χ1v) is 9.72. The lowest BCUT2D eigenvalue weighted by Gasteiger charge is -2.24. The maximum Gasteiger partial charge on any atom is 0.387 e. The molecule has 1 aliphatic heterocycles. The minimum Gasteiger partial charge on any atom is -0.497 e. The Labute approximate surface area is 181 Å². The van der Waals surface area contributed by atoms with Crippen LogP contribution in [-0.2, 0) is 6.54 Å². The molecule has 1 unspecified atom stereocenters. The SMILES string of the molecule is CCNC(=NCc1ccc(OC)cc1OC(F)F)NCC1(C)CCCS1.I.